The quantitative estimate of drug-likeness (QED) is 0.687. The molecule has 1 heterocycles. The van der Waals surface area contributed by atoms with Crippen molar-refractivity contribution in [2.45, 2.75) is 32.6 Å². The van der Waals surface area contributed by atoms with E-state index in [0.29, 0.717) is 0 Å². The maximum absolute atomic E-state index is 5.73. The second-order valence-corrected chi connectivity index (χ2v) is 5.94. The van der Waals surface area contributed by atoms with Gasteiger partial charge < -0.3 is 18.9 Å². The number of fused-ring (bicyclic) bond motifs is 1. The van der Waals surface area contributed by atoms with E-state index >= 15 is 0 Å². The van der Waals surface area contributed by atoms with E-state index < -0.39 is 0 Å². The van der Waals surface area contributed by atoms with Crippen LogP contribution in [0.2, 0.25) is 0 Å². The molecule has 2 aromatic carbocycles. The minimum atomic E-state index is 0.180. The molecule has 1 aliphatic heterocycles. The fraction of sp³-hybridized carbons (Fsp3) is 0.400. The lowest BCUT2D eigenvalue weighted by Crippen LogP contribution is -2.01. The zero-order chi connectivity index (χ0) is 16.9. The Morgan fingerprint density at radius 2 is 1.79 bits per heavy atom. The summed E-state index contributed by atoms with van der Waals surface area (Å²) in [7, 11) is 1.68. The highest BCUT2D eigenvalue weighted by atomic mass is 16.7. The Labute approximate surface area is 143 Å². The van der Waals surface area contributed by atoms with Crippen LogP contribution in [-0.2, 0) is 0 Å². The summed E-state index contributed by atoms with van der Waals surface area (Å²) >= 11 is 0. The van der Waals surface area contributed by atoms with Crippen LogP contribution in [0.3, 0.4) is 0 Å². The number of hydrogen-bond donors (Lipinski definition) is 0. The molecule has 0 saturated heterocycles. The van der Waals surface area contributed by atoms with E-state index in [1.807, 2.05) is 24.3 Å². The van der Waals surface area contributed by atoms with Gasteiger partial charge in [0.2, 0.25) is 6.79 Å². The van der Waals surface area contributed by atoms with Crippen LogP contribution in [0.1, 0.15) is 43.7 Å². The van der Waals surface area contributed by atoms with Crippen molar-refractivity contribution in [3.05, 3.63) is 47.5 Å². The van der Waals surface area contributed by atoms with E-state index in [0.717, 1.165) is 48.0 Å². The smallest absolute Gasteiger partial charge is 0.231 e. The van der Waals surface area contributed by atoms with Crippen LogP contribution < -0.4 is 18.9 Å². The van der Waals surface area contributed by atoms with Crippen molar-refractivity contribution in [1.29, 1.82) is 0 Å². The van der Waals surface area contributed by atoms with E-state index in [1.54, 1.807) is 7.11 Å². The van der Waals surface area contributed by atoms with Gasteiger partial charge in [-0.05, 0) is 30.2 Å². The minimum absolute atomic E-state index is 0.180. The molecule has 0 fully saturated rings. The third kappa shape index (κ3) is 3.42. The molecule has 0 radical (unpaired) electrons. The third-order valence-corrected chi connectivity index (χ3v) is 4.34. The molecule has 4 heteroatoms. The summed E-state index contributed by atoms with van der Waals surface area (Å²) in [6.45, 7) is 5.35. The molecule has 2 aromatic rings. The Bertz CT molecular complexity index is 679. The van der Waals surface area contributed by atoms with Crippen molar-refractivity contribution in [2.24, 2.45) is 0 Å². The molecule has 1 unspecified atom stereocenters. The average Bonchev–Trinajstić information content (AvgIpc) is 3.08. The van der Waals surface area contributed by atoms with Gasteiger partial charge >= 0.3 is 0 Å². The molecule has 0 spiro atoms. The number of methoxy groups -OCH3 is 1. The Balaban J connectivity index is 1.80. The van der Waals surface area contributed by atoms with Gasteiger partial charge in [-0.25, -0.2) is 0 Å². The standard InChI is InChI=1S/C20H24O4/c1-4-5-10-22-16-8-6-15(7-9-16)14(2)17-11-19-20(24-13-23-19)12-18(17)21-3/h6-9,11-12,14H,4-5,10,13H2,1-3H3. The first kappa shape index (κ1) is 16.5. The fourth-order valence-corrected chi connectivity index (χ4v) is 2.82. The largest absolute Gasteiger partial charge is 0.496 e. The molecule has 128 valence electrons. The van der Waals surface area contributed by atoms with Crippen LogP contribution in [0.25, 0.3) is 0 Å². The van der Waals surface area contributed by atoms with E-state index in [-0.39, 0.29) is 12.7 Å². The van der Waals surface area contributed by atoms with E-state index in [4.69, 9.17) is 18.9 Å². The average molecular weight is 328 g/mol. The number of unbranched alkanes of at least 4 members (excludes halogenated alkanes) is 1. The molecule has 4 nitrogen and oxygen atoms in total. The monoisotopic (exact) mass is 328 g/mol. The number of rotatable bonds is 7. The molecular formula is C20H24O4. The van der Waals surface area contributed by atoms with Gasteiger partial charge in [0.1, 0.15) is 11.5 Å². The van der Waals surface area contributed by atoms with E-state index in [9.17, 15) is 0 Å². The SMILES string of the molecule is CCCCOc1ccc(C(C)c2cc3c(cc2OC)OCO3)cc1. The molecule has 0 aromatic heterocycles. The molecule has 3 rings (SSSR count). The Hall–Kier alpha value is -2.36. The molecule has 1 atom stereocenters. The van der Waals surface area contributed by atoms with Crippen molar-refractivity contribution in [3.63, 3.8) is 0 Å². The summed E-state index contributed by atoms with van der Waals surface area (Å²) in [5.41, 5.74) is 2.29. The molecule has 0 amide bonds. The van der Waals surface area contributed by atoms with Crippen molar-refractivity contribution < 1.29 is 18.9 Å². The van der Waals surface area contributed by atoms with Gasteiger partial charge in [-0.15, -0.1) is 0 Å². The van der Waals surface area contributed by atoms with Gasteiger partial charge in [-0.3, -0.25) is 0 Å². The summed E-state index contributed by atoms with van der Waals surface area (Å²) in [6, 6.07) is 12.2. The van der Waals surface area contributed by atoms with Gasteiger partial charge in [0.05, 0.1) is 13.7 Å². The topological polar surface area (TPSA) is 36.9 Å². The predicted molar refractivity (Wildman–Crippen MR) is 93.5 cm³/mol. The van der Waals surface area contributed by atoms with Crippen molar-refractivity contribution in [1.82, 2.24) is 0 Å². The van der Waals surface area contributed by atoms with E-state index in [2.05, 4.69) is 26.0 Å². The van der Waals surface area contributed by atoms with Crippen LogP contribution in [0, 0.1) is 0 Å². The van der Waals surface area contributed by atoms with Gasteiger partial charge in [0, 0.05) is 17.5 Å². The molecule has 0 aliphatic carbocycles. The molecule has 0 saturated carbocycles. The number of hydrogen-bond acceptors (Lipinski definition) is 4. The summed E-state index contributed by atoms with van der Waals surface area (Å²) in [6.07, 6.45) is 2.21. The molecule has 0 bridgehead atoms. The first-order chi connectivity index (χ1) is 11.7. The Morgan fingerprint density at radius 3 is 2.46 bits per heavy atom. The normalized spacial score (nSPS) is 13.6. The lowest BCUT2D eigenvalue weighted by molar-refractivity contribution is 0.174. The minimum Gasteiger partial charge on any atom is -0.496 e. The van der Waals surface area contributed by atoms with Crippen LogP contribution in [0.4, 0.5) is 0 Å². The van der Waals surface area contributed by atoms with Crippen molar-refractivity contribution in [2.75, 3.05) is 20.5 Å². The maximum Gasteiger partial charge on any atom is 0.231 e. The zero-order valence-electron chi connectivity index (χ0n) is 14.5. The lowest BCUT2D eigenvalue weighted by Gasteiger charge is -2.17. The van der Waals surface area contributed by atoms with Crippen molar-refractivity contribution >= 4 is 0 Å². The van der Waals surface area contributed by atoms with Gasteiger partial charge in [0.15, 0.2) is 11.5 Å². The van der Waals surface area contributed by atoms with Gasteiger partial charge in [0.25, 0.3) is 0 Å². The summed E-state index contributed by atoms with van der Waals surface area (Å²) in [5.74, 6) is 3.42. The molecule has 24 heavy (non-hydrogen) atoms. The lowest BCUT2D eigenvalue weighted by atomic mass is 9.92. The first-order valence-corrected chi connectivity index (χ1v) is 8.43. The summed E-state index contributed by atoms with van der Waals surface area (Å²) < 4.78 is 22.2. The Kier molecular flexibility index (Phi) is 5.14. The Morgan fingerprint density at radius 1 is 1.08 bits per heavy atom. The second kappa shape index (κ2) is 7.47. The predicted octanol–water partition coefficient (Wildman–Crippen LogP) is 4.75. The van der Waals surface area contributed by atoms with Gasteiger partial charge in [-0.1, -0.05) is 32.4 Å². The highest BCUT2D eigenvalue weighted by molar-refractivity contribution is 5.54. The highest BCUT2D eigenvalue weighted by Gasteiger charge is 2.21. The highest BCUT2D eigenvalue weighted by Crippen LogP contribution is 2.42. The fourth-order valence-electron chi connectivity index (χ4n) is 2.82. The molecular weight excluding hydrogens is 304 g/mol. The third-order valence-electron chi connectivity index (χ3n) is 4.34. The molecule has 0 N–H and O–H groups in total. The van der Waals surface area contributed by atoms with Gasteiger partial charge in [-0.2, -0.15) is 0 Å². The summed E-state index contributed by atoms with van der Waals surface area (Å²) in [4.78, 5) is 0. The summed E-state index contributed by atoms with van der Waals surface area (Å²) in [5, 5.41) is 0. The van der Waals surface area contributed by atoms with E-state index in [1.165, 1.54) is 5.56 Å². The van der Waals surface area contributed by atoms with Crippen LogP contribution in [0.5, 0.6) is 23.0 Å². The number of ether oxygens (including phenoxy) is 4. The first-order valence-electron chi connectivity index (χ1n) is 8.43. The van der Waals surface area contributed by atoms with Crippen LogP contribution in [-0.4, -0.2) is 20.5 Å². The number of benzene rings is 2. The van der Waals surface area contributed by atoms with Crippen LogP contribution >= 0.6 is 0 Å². The zero-order valence-corrected chi connectivity index (χ0v) is 14.5. The second-order valence-electron chi connectivity index (χ2n) is 5.94. The van der Waals surface area contributed by atoms with Crippen molar-refractivity contribution in [3.8, 4) is 23.0 Å². The van der Waals surface area contributed by atoms with Crippen LogP contribution in [0.15, 0.2) is 36.4 Å². The maximum atomic E-state index is 5.73. The molecule has 1 aliphatic rings.